The molecule has 1 aromatic heterocycles. The number of anilines is 1. The van der Waals surface area contributed by atoms with Crippen molar-refractivity contribution in [3.63, 3.8) is 0 Å². The lowest BCUT2D eigenvalue weighted by molar-refractivity contribution is -0.113. The van der Waals surface area contributed by atoms with Crippen LogP contribution in [0.1, 0.15) is 5.56 Å². The van der Waals surface area contributed by atoms with E-state index in [0.717, 1.165) is 11.8 Å². The summed E-state index contributed by atoms with van der Waals surface area (Å²) in [6, 6.07) is 12.2. The van der Waals surface area contributed by atoms with Gasteiger partial charge in [0.25, 0.3) is 0 Å². The zero-order chi connectivity index (χ0) is 19.4. The highest BCUT2D eigenvalue weighted by Gasteiger charge is 2.15. The lowest BCUT2D eigenvalue weighted by atomic mass is 10.2. The van der Waals surface area contributed by atoms with Crippen LogP contribution in [0.5, 0.6) is 0 Å². The third-order valence-corrected chi connectivity index (χ3v) is 4.65. The van der Waals surface area contributed by atoms with E-state index in [1.807, 2.05) is 6.07 Å². The van der Waals surface area contributed by atoms with Crippen LogP contribution in [0.4, 0.5) is 10.1 Å². The Balaban J connectivity index is 1.67. The van der Waals surface area contributed by atoms with Crippen molar-refractivity contribution >= 4 is 35.0 Å². The zero-order valence-electron chi connectivity index (χ0n) is 13.7. The van der Waals surface area contributed by atoms with Crippen molar-refractivity contribution < 1.29 is 9.18 Å². The maximum absolute atomic E-state index is 13.0. The van der Waals surface area contributed by atoms with Gasteiger partial charge in [0.05, 0.1) is 17.0 Å². The third kappa shape index (κ3) is 4.36. The average molecular weight is 403 g/mol. The van der Waals surface area contributed by atoms with E-state index in [4.69, 9.17) is 22.7 Å². The fraction of sp³-hybridized carbons (Fsp3) is 0.0588. The Hall–Kier alpha value is -3.09. The fourth-order valence-corrected chi connectivity index (χ4v) is 3.03. The molecule has 3 N–H and O–H groups in total. The number of thioether (sulfide) groups is 1. The van der Waals surface area contributed by atoms with Gasteiger partial charge in [-0.2, -0.15) is 5.26 Å². The first-order valence-corrected chi connectivity index (χ1v) is 8.93. The Kier molecular flexibility index (Phi) is 5.59. The Labute approximate surface area is 162 Å². The number of nitriles is 1. The minimum Gasteiger partial charge on any atom is -0.335 e. The summed E-state index contributed by atoms with van der Waals surface area (Å²) in [5, 5.41) is 20.3. The highest BCUT2D eigenvalue weighted by atomic mass is 35.5. The summed E-state index contributed by atoms with van der Waals surface area (Å²) < 4.78 is 14.3. The van der Waals surface area contributed by atoms with Crippen molar-refractivity contribution in [3.05, 3.63) is 58.9 Å². The Bertz CT molecular complexity index is 1030. The van der Waals surface area contributed by atoms with E-state index < -0.39 is 0 Å². The molecule has 0 radical (unpaired) electrons. The molecule has 0 aliphatic carbocycles. The van der Waals surface area contributed by atoms with Crippen molar-refractivity contribution in [1.82, 2.24) is 14.9 Å². The summed E-state index contributed by atoms with van der Waals surface area (Å²) in [6.07, 6.45) is 0. The first-order chi connectivity index (χ1) is 13.0. The number of hydrogen-bond acceptors (Lipinski definition) is 6. The van der Waals surface area contributed by atoms with Gasteiger partial charge >= 0.3 is 0 Å². The van der Waals surface area contributed by atoms with Gasteiger partial charge < -0.3 is 11.2 Å². The molecule has 2 aromatic carbocycles. The van der Waals surface area contributed by atoms with Crippen LogP contribution in [-0.4, -0.2) is 26.5 Å². The molecule has 0 unspecified atom stereocenters. The quantitative estimate of drug-likeness (QED) is 0.501. The Morgan fingerprint density at radius 3 is 2.74 bits per heavy atom. The first kappa shape index (κ1) is 18.7. The van der Waals surface area contributed by atoms with Gasteiger partial charge in [0.2, 0.25) is 11.1 Å². The van der Waals surface area contributed by atoms with Crippen LogP contribution in [0.3, 0.4) is 0 Å². The molecular formula is C17H12ClFN6OS. The molecule has 1 heterocycles. The smallest absolute Gasteiger partial charge is 0.234 e. The second-order valence-corrected chi connectivity index (χ2v) is 6.70. The van der Waals surface area contributed by atoms with Crippen molar-refractivity contribution in [3.8, 4) is 17.5 Å². The summed E-state index contributed by atoms with van der Waals surface area (Å²) in [5.74, 6) is 5.58. The molecule has 0 bridgehead atoms. The van der Waals surface area contributed by atoms with Gasteiger partial charge in [0.1, 0.15) is 11.9 Å². The lowest BCUT2D eigenvalue weighted by Gasteiger charge is -2.07. The van der Waals surface area contributed by atoms with Crippen LogP contribution < -0.4 is 11.2 Å². The molecule has 0 aliphatic heterocycles. The third-order valence-electron chi connectivity index (χ3n) is 3.48. The van der Waals surface area contributed by atoms with Crippen LogP contribution in [0, 0.1) is 17.1 Å². The number of nitrogen functional groups attached to an aromatic ring is 1. The fourth-order valence-electron chi connectivity index (χ4n) is 2.21. The molecule has 0 spiro atoms. The van der Waals surface area contributed by atoms with Gasteiger partial charge in [-0.15, -0.1) is 10.2 Å². The number of nitrogens with two attached hydrogens (primary N) is 1. The number of nitrogens with zero attached hydrogens (tertiary/aromatic N) is 4. The molecule has 0 fully saturated rings. The van der Waals surface area contributed by atoms with Crippen LogP contribution in [-0.2, 0) is 4.79 Å². The molecule has 0 saturated carbocycles. The molecule has 0 atom stereocenters. The summed E-state index contributed by atoms with van der Waals surface area (Å²) in [6.45, 7) is 0. The summed E-state index contributed by atoms with van der Waals surface area (Å²) in [7, 11) is 0. The predicted molar refractivity (Wildman–Crippen MR) is 101 cm³/mol. The number of carbonyl (C=O) groups excluding carboxylic acids is 1. The summed E-state index contributed by atoms with van der Waals surface area (Å²) >= 11 is 6.97. The topological polar surface area (TPSA) is 110 Å². The van der Waals surface area contributed by atoms with Crippen LogP contribution >= 0.6 is 23.4 Å². The molecule has 0 saturated heterocycles. The van der Waals surface area contributed by atoms with Gasteiger partial charge in [-0.1, -0.05) is 23.4 Å². The van der Waals surface area contributed by atoms with E-state index in [1.165, 1.54) is 41.1 Å². The number of carbonyl (C=O) groups is 1. The van der Waals surface area contributed by atoms with Crippen LogP contribution in [0.15, 0.2) is 47.6 Å². The minimum absolute atomic E-state index is 0.00384. The molecule has 3 aromatic rings. The summed E-state index contributed by atoms with van der Waals surface area (Å²) in [5.41, 5.74) is 1.23. The van der Waals surface area contributed by atoms with Gasteiger partial charge in [-0.05, 0) is 42.5 Å². The minimum atomic E-state index is -0.370. The first-order valence-electron chi connectivity index (χ1n) is 7.56. The second kappa shape index (κ2) is 8.07. The number of benzene rings is 2. The van der Waals surface area contributed by atoms with Gasteiger partial charge in [0, 0.05) is 10.6 Å². The average Bonchev–Trinajstić information content (AvgIpc) is 3.01. The molecule has 0 aliphatic rings. The van der Waals surface area contributed by atoms with Crippen molar-refractivity contribution in [1.29, 1.82) is 5.26 Å². The molecule has 10 heteroatoms. The molecular weight excluding hydrogens is 391 g/mol. The SMILES string of the molecule is N#Cc1ccc(Cl)cc1NC(=O)CSc1nnc(-c2ccc(F)cc2)n1N. The van der Waals surface area contributed by atoms with Crippen LogP contribution in [0.25, 0.3) is 11.4 Å². The number of halogens is 2. The standard InChI is InChI=1S/C17H12ClFN6OS/c18-12-4-1-11(8-20)14(7-12)22-15(26)9-27-17-24-23-16(25(17)21)10-2-5-13(19)6-3-10/h1-7H,9,21H2,(H,22,26). The van der Waals surface area contributed by atoms with E-state index in [2.05, 4.69) is 15.5 Å². The summed E-state index contributed by atoms with van der Waals surface area (Å²) in [4.78, 5) is 12.2. The number of nitrogens with one attached hydrogen (secondary N) is 1. The van der Waals surface area contributed by atoms with Gasteiger partial charge in [-0.3, -0.25) is 4.79 Å². The number of amides is 1. The molecule has 1 amide bonds. The maximum atomic E-state index is 13.0. The lowest BCUT2D eigenvalue weighted by Crippen LogP contribution is -2.17. The van der Waals surface area contributed by atoms with Gasteiger partial charge in [0.15, 0.2) is 5.82 Å². The van der Waals surface area contributed by atoms with Crippen LogP contribution in [0.2, 0.25) is 5.02 Å². The monoisotopic (exact) mass is 402 g/mol. The van der Waals surface area contributed by atoms with E-state index >= 15 is 0 Å². The Morgan fingerprint density at radius 1 is 1.30 bits per heavy atom. The van der Waals surface area contributed by atoms with Crippen molar-refractivity contribution in [2.75, 3.05) is 16.9 Å². The molecule has 3 rings (SSSR count). The predicted octanol–water partition coefficient (Wildman–Crippen LogP) is 3.05. The van der Waals surface area contributed by atoms with Crippen molar-refractivity contribution in [2.45, 2.75) is 5.16 Å². The number of hydrogen-bond donors (Lipinski definition) is 2. The van der Waals surface area contributed by atoms with Gasteiger partial charge in [-0.25, -0.2) is 9.07 Å². The normalized spacial score (nSPS) is 10.4. The molecule has 136 valence electrons. The zero-order valence-corrected chi connectivity index (χ0v) is 15.3. The highest BCUT2D eigenvalue weighted by molar-refractivity contribution is 7.99. The highest BCUT2D eigenvalue weighted by Crippen LogP contribution is 2.23. The second-order valence-electron chi connectivity index (χ2n) is 5.32. The van der Waals surface area contributed by atoms with Crippen molar-refractivity contribution in [2.24, 2.45) is 0 Å². The molecule has 7 nitrogen and oxygen atoms in total. The van der Waals surface area contributed by atoms with E-state index in [0.29, 0.717) is 32.8 Å². The number of aromatic nitrogens is 3. The van der Waals surface area contributed by atoms with E-state index in [1.54, 1.807) is 6.07 Å². The maximum Gasteiger partial charge on any atom is 0.234 e. The number of rotatable bonds is 5. The van der Waals surface area contributed by atoms with E-state index in [9.17, 15) is 9.18 Å². The van der Waals surface area contributed by atoms with E-state index in [-0.39, 0.29) is 17.5 Å². The molecule has 27 heavy (non-hydrogen) atoms. The largest absolute Gasteiger partial charge is 0.335 e. The Morgan fingerprint density at radius 2 is 2.04 bits per heavy atom.